The SMILES string of the molecule is CN(C)[C@@H]1CCN(Cc2cccnc2)C[C@@H]1CCC(=O)NCCc1c[nH]c2ccccc12. The number of aromatic nitrogens is 2. The molecule has 3 heterocycles. The van der Waals surface area contributed by atoms with Gasteiger partial charge in [-0.25, -0.2) is 0 Å². The first kappa shape index (κ1) is 22.5. The van der Waals surface area contributed by atoms with Crippen molar-refractivity contribution in [3.63, 3.8) is 0 Å². The lowest BCUT2D eigenvalue weighted by molar-refractivity contribution is -0.121. The Morgan fingerprint density at radius 2 is 2.12 bits per heavy atom. The van der Waals surface area contributed by atoms with Crippen molar-refractivity contribution in [2.24, 2.45) is 5.92 Å². The first-order chi connectivity index (χ1) is 15.6. The zero-order valence-corrected chi connectivity index (χ0v) is 19.3. The Bertz CT molecular complexity index is 1000. The normalized spacial score (nSPS) is 19.5. The predicted molar refractivity (Wildman–Crippen MR) is 129 cm³/mol. The van der Waals surface area contributed by atoms with Crippen LogP contribution >= 0.6 is 0 Å². The van der Waals surface area contributed by atoms with E-state index < -0.39 is 0 Å². The fourth-order valence-electron chi connectivity index (χ4n) is 5.03. The molecule has 0 spiro atoms. The summed E-state index contributed by atoms with van der Waals surface area (Å²) in [6.45, 7) is 3.72. The van der Waals surface area contributed by atoms with Crippen LogP contribution in [0.3, 0.4) is 0 Å². The topological polar surface area (TPSA) is 64.3 Å². The molecule has 1 aliphatic heterocycles. The molecule has 1 aromatic carbocycles. The molecule has 1 aliphatic rings. The molecule has 0 bridgehead atoms. The summed E-state index contributed by atoms with van der Waals surface area (Å²) in [5.41, 5.74) is 3.66. The van der Waals surface area contributed by atoms with Crippen LogP contribution < -0.4 is 5.32 Å². The maximum atomic E-state index is 12.6. The number of carbonyl (C=O) groups is 1. The van der Waals surface area contributed by atoms with Crippen LogP contribution in [0.1, 0.15) is 30.4 Å². The van der Waals surface area contributed by atoms with Crippen molar-refractivity contribution < 1.29 is 4.79 Å². The fraction of sp³-hybridized carbons (Fsp3) is 0.462. The summed E-state index contributed by atoms with van der Waals surface area (Å²) < 4.78 is 0. The lowest BCUT2D eigenvalue weighted by atomic mass is 9.87. The van der Waals surface area contributed by atoms with E-state index in [0.29, 0.717) is 24.9 Å². The van der Waals surface area contributed by atoms with Gasteiger partial charge < -0.3 is 15.2 Å². The lowest BCUT2D eigenvalue weighted by Crippen LogP contribution is -2.48. The molecule has 6 nitrogen and oxygen atoms in total. The van der Waals surface area contributed by atoms with Crippen molar-refractivity contribution in [3.8, 4) is 0 Å². The van der Waals surface area contributed by atoms with Gasteiger partial charge in [-0.05, 0) is 69.1 Å². The molecule has 4 rings (SSSR count). The van der Waals surface area contributed by atoms with Gasteiger partial charge in [0.2, 0.25) is 5.91 Å². The lowest BCUT2D eigenvalue weighted by Gasteiger charge is -2.41. The first-order valence-corrected chi connectivity index (χ1v) is 11.7. The highest BCUT2D eigenvalue weighted by Gasteiger charge is 2.30. The van der Waals surface area contributed by atoms with Gasteiger partial charge in [-0.15, -0.1) is 0 Å². The van der Waals surface area contributed by atoms with E-state index in [2.05, 4.69) is 69.6 Å². The number of para-hydroxylation sites is 1. The molecule has 170 valence electrons. The number of pyridine rings is 1. The van der Waals surface area contributed by atoms with Crippen LogP contribution in [0.4, 0.5) is 0 Å². The van der Waals surface area contributed by atoms with Gasteiger partial charge in [0.15, 0.2) is 0 Å². The van der Waals surface area contributed by atoms with Crippen molar-refractivity contribution in [2.75, 3.05) is 33.7 Å². The molecule has 3 aromatic rings. The summed E-state index contributed by atoms with van der Waals surface area (Å²) in [5.74, 6) is 0.654. The highest BCUT2D eigenvalue weighted by Crippen LogP contribution is 2.26. The van der Waals surface area contributed by atoms with Crippen molar-refractivity contribution in [3.05, 3.63) is 66.1 Å². The summed E-state index contributed by atoms with van der Waals surface area (Å²) in [6, 6.07) is 13.0. The number of fused-ring (bicyclic) bond motifs is 1. The number of hydrogen-bond acceptors (Lipinski definition) is 4. The molecular formula is C26H35N5O. The Morgan fingerprint density at radius 3 is 2.94 bits per heavy atom. The van der Waals surface area contributed by atoms with E-state index in [1.54, 1.807) is 0 Å². The van der Waals surface area contributed by atoms with Gasteiger partial charge in [0.05, 0.1) is 0 Å². The molecule has 1 amide bonds. The molecule has 2 atom stereocenters. The molecule has 2 N–H and O–H groups in total. The van der Waals surface area contributed by atoms with E-state index in [0.717, 1.165) is 44.4 Å². The maximum absolute atomic E-state index is 12.6. The van der Waals surface area contributed by atoms with Crippen LogP contribution in [0, 0.1) is 5.92 Å². The molecule has 6 heteroatoms. The Labute approximate surface area is 191 Å². The monoisotopic (exact) mass is 433 g/mol. The predicted octanol–water partition coefficient (Wildman–Crippen LogP) is 3.45. The average molecular weight is 434 g/mol. The number of carbonyl (C=O) groups excluding carboxylic acids is 1. The first-order valence-electron chi connectivity index (χ1n) is 11.7. The molecule has 1 saturated heterocycles. The van der Waals surface area contributed by atoms with Crippen LogP contribution in [0.15, 0.2) is 55.0 Å². The molecule has 0 saturated carbocycles. The second-order valence-electron chi connectivity index (χ2n) is 9.17. The maximum Gasteiger partial charge on any atom is 0.220 e. The molecule has 0 aliphatic carbocycles. The van der Waals surface area contributed by atoms with E-state index in [9.17, 15) is 4.79 Å². The van der Waals surface area contributed by atoms with Gasteiger partial charge in [-0.1, -0.05) is 24.3 Å². The van der Waals surface area contributed by atoms with Crippen molar-refractivity contribution in [2.45, 2.75) is 38.3 Å². The number of nitrogens with zero attached hydrogens (tertiary/aromatic N) is 3. The van der Waals surface area contributed by atoms with Crippen molar-refractivity contribution in [1.82, 2.24) is 25.1 Å². The van der Waals surface area contributed by atoms with E-state index in [1.807, 2.05) is 24.5 Å². The van der Waals surface area contributed by atoms with Gasteiger partial charge in [-0.3, -0.25) is 14.7 Å². The largest absolute Gasteiger partial charge is 0.361 e. The number of likely N-dealkylation sites (tertiary alicyclic amines) is 1. The zero-order valence-electron chi connectivity index (χ0n) is 19.3. The quantitative estimate of drug-likeness (QED) is 0.543. The van der Waals surface area contributed by atoms with Gasteiger partial charge in [-0.2, -0.15) is 0 Å². The smallest absolute Gasteiger partial charge is 0.220 e. The van der Waals surface area contributed by atoms with E-state index in [1.165, 1.54) is 16.5 Å². The molecule has 2 aromatic heterocycles. The molecule has 1 fully saturated rings. The molecule has 0 unspecified atom stereocenters. The minimum atomic E-state index is 0.159. The van der Waals surface area contributed by atoms with Crippen molar-refractivity contribution >= 4 is 16.8 Å². The summed E-state index contributed by atoms with van der Waals surface area (Å²) >= 11 is 0. The van der Waals surface area contributed by atoms with Crippen LogP contribution in [0.2, 0.25) is 0 Å². The Morgan fingerprint density at radius 1 is 1.25 bits per heavy atom. The second kappa shape index (κ2) is 10.7. The van der Waals surface area contributed by atoms with Crippen LogP contribution in [0.5, 0.6) is 0 Å². The third-order valence-corrected chi connectivity index (χ3v) is 6.70. The Hall–Kier alpha value is -2.70. The summed E-state index contributed by atoms with van der Waals surface area (Å²) in [5, 5.41) is 4.37. The zero-order chi connectivity index (χ0) is 22.3. The minimum absolute atomic E-state index is 0.159. The number of hydrogen-bond donors (Lipinski definition) is 2. The fourth-order valence-corrected chi connectivity index (χ4v) is 5.03. The summed E-state index contributed by atoms with van der Waals surface area (Å²) in [7, 11) is 4.32. The van der Waals surface area contributed by atoms with E-state index in [-0.39, 0.29) is 5.91 Å². The number of benzene rings is 1. The number of aromatic amines is 1. The Kier molecular flexibility index (Phi) is 7.55. The van der Waals surface area contributed by atoms with Gasteiger partial charge in [0.25, 0.3) is 0 Å². The Balaban J connectivity index is 1.25. The van der Waals surface area contributed by atoms with E-state index in [4.69, 9.17) is 0 Å². The van der Waals surface area contributed by atoms with Gasteiger partial charge in [0.1, 0.15) is 0 Å². The molecule has 32 heavy (non-hydrogen) atoms. The number of rotatable bonds is 9. The molecule has 0 radical (unpaired) electrons. The van der Waals surface area contributed by atoms with Crippen LogP contribution in [0.25, 0.3) is 10.9 Å². The van der Waals surface area contributed by atoms with Gasteiger partial charge in [0, 0.05) is 61.6 Å². The third kappa shape index (κ3) is 5.75. The summed E-state index contributed by atoms with van der Waals surface area (Å²) in [4.78, 5) is 25.0. The number of H-pyrrole nitrogens is 1. The highest BCUT2D eigenvalue weighted by molar-refractivity contribution is 5.83. The second-order valence-corrected chi connectivity index (χ2v) is 9.17. The minimum Gasteiger partial charge on any atom is -0.361 e. The highest BCUT2D eigenvalue weighted by atomic mass is 16.1. The average Bonchev–Trinajstić information content (AvgIpc) is 3.21. The number of nitrogens with one attached hydrogen (secondary N) is 2. The number of piperidine rings is 1. The van der Waals surface area contributed by atoms with Crippen molar-refractivity contribution in [1.29, 1.82) is 0 Å². The number of amides is 1. The van der Waals surface area contributed by atoms with E-state index >= 15 is 0 Å². The van der Waals surface area contributed by atoms with Crippen LogP contribution in [-0.4, -0.2) is 65.4 Å². The molecular weight excluding hydrogens is 398 g/mol. The van der Waals surface area contributed by atoms with Gasteiger partial charge >= 0.3 is 0 Å². The summed E-state index contributed by atoms with van der Waals surface area (Å²) in [6.07, 6.45) is 9.32. The standard InChI is InChI=1S/C26H35N5O/c1-30(2)25-12-15-31(18-20-6-5-13-27-16-20)19-22(25)9-10-26(32)28-14-11-21-17-29-24-8-4-3-7-23(21)24/h3-8,13,16-17,22,25,29H,9-12,14-15,18-19H2,1-2H3,(H,28,32)/t22-,25+/m0/s1. The third-order valence-electron chi connectivity index (χ3n) is 6.70. The van der Waals surface area contributed by atoms with Crippen LogP contribution in [-0.2, 0) is 17.8 Å².